The van der Waals surface area contributed by atoms with Crippen LogP contribution in [0.1, 0.15) is 5.56 Å². The maximum atomic E-state index is 5.19. The molecule has 2 aromatic rings. The fraction of sp³-hybridized carbons (Fsp3) is 0.273. The van der Waals surface area contributed by atoms with Gasteiger partial charge in [0.05, 0.1) is 7.11 Å². The van der Waals surface area contributed by atoms with Gasteiger partial charge in [-0.05, 0) is 24.0 Å². The van der Waals surface area contributed by atoms with E-state index in [2.05, 4.69) is 16.3 Å². The highest BCUT2D eigenvalue weighted by Crippen LogP contribution is 2.30. The zero-order chi connectivity index (χ0) is 12.1. The Morgan fingerprint density at radius 2 is 2.12 bits per heavy atom. The van der Waals surface area contributed by atoms with Crippen molar-refractivity contribution in [2.45, 2.75) is 14.4 Å². The molecule has 0 N–H and O–H groups in total. The van der Waals surface area contributed by atoms with Crippen LogP contribution >= 0.6 is 34.9 Å². The van der Waals surface area contributed by atoms with Crippen molar-refractivity contribution in [2.75, 3.05) is 13.4 Å². The van der Waals surface area contributed by atoms with Gasteiger partial charge in [0.25, 0.3) is 0 Å². The van der Waals surface area contributed by atoms with Crippen LogP contribution in [0.15, 0.2) is 32.9 Å². The topological polar surface area (TPSA) is 35.0 Å². The molecule has 6 heteroatoms. The normalized spacial score (nSPS) is 10.5. The lowest BCUT2D eigenvalue weighted by Crippen LogP contribution is -1.85. The molecule has 17 heavy (non-hydrogen) atoms. The molecule has 0 fully saturated rings. The summed E-state index contributed by atoms with van der Waals surface area (Å²) < 4.78 is 7.21. The van der Waals surface area contributed by atoms with Crippen molar-refractivity contribution in [1.82, 2.24) is 10.2 Å². The average molecular weight is 284 g/mol. The minimum atomic E-state index is 0.889. The van der Waals surface area contributed by atoms with Crippen molar-refractivity contribution >= 4 is 34.9 Å². The fourth-order valence-corrected chi connectivity index (χ4v) is 3.63. The van der Waals surface area contributed by atoms with Crippen LogP contribution in [0.25, 0.3) is 0 Å². The van der Waals surface area contributed by atoms with Gasteiger partial charge in [-0.2, -0.15) is 0 Å². The number of hydrogen-bond donors (Lipinski definition) is 0. The van der Waals surface area contributed by atoms with Crippen LogP contribution in [0.3, 0.4) is 0 Å². The minimum absolute atomic E-state index is 0.889. The van der Waals surface area contributed by atoms with Gasteiger partial charge in [0.1, 0.15) is 5.75 Å². The van der Waals surface area contributed by atoms with Crippen LogP contribution in [0.5, 0.6) is 5.75 Å². The molecule has 0 saturated carbocycles. The number of methoxy groups -OCH3 is 1. The Morgan fingerprint density at radius 1 is 1.29 bits per heavy atom. The molecule has 0 aliphatic carbocycles. The summed E-state index contributed by atoms with van der Waals surface area (Å²) in [4.78, 5) is 0. The molecule has 0 saturated heterocycles. The van der Waals surface area contributed by atoms with Gasteiger partial charge >= 0.3 is 0 Å². The molecule has 3 nitrogen and oxygen atoms in total. The van der Waals surface area contributed by atoms with Crippen molar-refractivity contribution in [1.29, 1.82) is 0 Å². The first kappa shape index (κ1) is 12.7. The first-order valence-electron chi connectivity index (χ1n) is 4.95. The molecule has 0 atom stereocenters. The monoisotopic (exact) mass is 284 g/mol. The van der Waals surface area contributed by atoms with Crippen LogP contribution in [0, 0.1) is 0 Å². The van der Waals surface area contributed by atoms with Crippen molar-refractivity contribution < 1.29 is 4.74 Å². The largest absolute Gasteiger partial charge is 0.497 e. The van der Waals surface area contributed by atoms with Gasteiger partial charge < -0.3 is 4.74 Å². The molecule has 0 amide bonds. The Balaban J connectivity index is 1.96. The second-order valence-electron chi connectivity index (χ2n) is 3.18. The van der Waals surface area contributed by atoms with E-state index in [0.717, 1.165) is 20.2 Å². The van der Waals surface area contributed by atoms with Crippen LogP contribution < -0.4 is 4.74 Å². The molecule has 0 spiro atoms. The summed E-state index contributed by atoms with van der Waals surface area (Å²) in [5.74, 6) is 1.78. The summed E-state index contributed by atoms with van der Waals surface area (Å²) in [5, 5.41) is 8.19. The molecule has 2 rings (SSSR count). The second-order valence-corrected chi connectivity index (χ2v) is 6.43. The molecular formula is C11H12N2OS3. The summed E-state index contributed by atoms with van der Waals surface area (Å²) in [6, 6.07) is 8.09. The first-order valence-corrected chi connectivity index (χ1v) is 7.97. The molecule has 0 bridgehead atoms. The average Bonchev–Trinajstić information content (AvgIpc) is 2.84. The number of ether oxygens (including phenoxy) is 1. The predicted octanol–water partition coefficient (Wildman–Crippen LogP) is 3.56. The van der Waals surface area contributed by atoms with E-state index in [9.17, 15) is 0 Å². The summed E-state index contributed by atoms with van der Waals surface area (Å²) in [6.07, 6.45) is 2.01. The zero-order valence-corrected chi connectivity index (χ0v) is 12.0. The van der Waals surface area contributed by atoms with Gasteiger partial charge in [-0.1, -0.05) is 47.0 Å². The third-order valence-electron chi connectivity index (χ3n) is 2.06. The highest BCUT2D eigenvalue weighted by Gasteiger charge is 2.04. The van der Waals surface area contributed by atoms with Gasteiger partial charge in [-0.15, -0.1) is 10.2 Å². The predicted molar refractivity (Wildman–Crippen MR) is 74.2 cm³/mol. The number of aromatic nitrogens is 2. The van der Waals surface area contributed by atoms with Crippen LogP contribution in [0.2, 0.25) is 0 Å². The van der Waals surface area contributed by atoms with E-state index >= 15 is 0 Å². The fourth-order valence-electron chi connectivity index (χ4n) is 1.25. The summed E-state index contributed by atoms with van der Waals surface area (Å²) in [5.41, 5.74) is 1.23. The van der Waals surface area contributed by atoms with E-state index in [0.29, 0.717) is 0 Å². The van der Waals surface area contributed by atoms with E-state index in [4.69, 9.17) is 4.74 Å². The molecule has 1 heterocycles. The highest BCUT2D eigenvalue weighted by atomic mass is 32.2. The molecular weight excluding hydrogens is 272 g/mol. The van der Waals surface area contributed by atoms with E-state index in [1.165, 1.54) is 5.56 Å². The molecule has 90 valence electrons. The zero-order valence-electron chi connectivity index (χ0n) is 9.54. The molecule has 0 radical (unpaired) electrons. The summed E-state index contributed by atoms with van der Waals surface area (Å²) in [7, 11) is 1.68. The van der Waals surface area contributed by atoms with Crippen molar-refractivity contribution in [2.24, 2.45) is 0 Å². The van der Waals surface area contributed by atoms with E-state index < -0.39 is 0 Å². The third-order valence-corrected chi connectivity index (χ3v) is 5.16. The summed E-state index contributed by atoms with van der Waals surface area (Å²) >= 11 is 4.97. The van der Waals surface area contributed by atoms with Gasteiger partial charge in [0, 0.05) is 5.75 Å². The molecule has 0 aliphatic heterocycles. The maximum Gasteiger partial charge on any atom is 0.175 e. The Labute approximate surface area is 113 Å². The van der Waals surface area contributed by atoms with Gasteiger partial charge in [0.2, 0.25) is 0 Å². The van der Waals surface area contributed by atoms with Crippen molar-refractivity contribution in [3.05, 3.63) is 29.8 Å². The third kappa shape index (κ3) is 3.62. The minimum Gasteiger partial charge on any atom is -0.497 e. The van der Waals surface area contributed by atoms with Crippen LogP contribution in [-0.4, -0.2) is 23.6 Å². The number of nitrogens with zero attached hydrogens (tertiary/aromatic N) is 2. The van der Waals surface area contributed by atoms with Gasteiger partial charge in [0.15, 0.2) is 8.68 Å². The Morgan fingerprint density at radius 3 is 2.82 bits per heavy atom. The Kier molecular flexibility index (Phi) is 4.70. The van der Waals surface area contributed by atoms with Crippen LogP contribution in [-0.2, 0) is 5.75 Å². The lowest BCUT2D eigenvalue weighted by Gasteiger charge is -2.02. The van der Waals surface area contributed by atoms with Gasteiger partial charge in [-0.25, -0.2) is 0 Å². The van der Waals surface area contributed by atoms with E-state index in [-0.39, 0.29) is 0 Å². The van der Waals surface area contributed by atoms with Crippen molar-refractivity contribution in [3.63, 3.8) is 0 Å². The van der Waals surface area contributed by atoms with Crippen LogP contribution in [0.4, 0.5) is 0 Å². The summed E-state index contributed by atoms with van der Waals surface area (Å²) in [6.45, 7) is 0. The van der Waals surface area contributed by atoms with Gasteiger partial charge in [-0.3, -0.25) is 0 Å². The molecule has 1 aromatic carbocycles. The molecule has 0 aliphatic rings. The number of hydrogen-bond acceptors (Lipinski definition) is 6. The molecule has 1 aromatic heterocycles. The quantitative estimate of drug-likeness (QED) is 0.784. The molecule has 0 unspecified atom stereocenters. The van der Waals surface area contributed by atoms with E-state index in [1.54, 1.807) is 42.0 Å². The standard InChI is InChI=1S/C11H12N2OS3/c1-14-9-5-3-4-8(6-9)7-16-11-13-12-10(15-2)17-11/h3-6H,7H2,1-2H3. The Hall–Kier alpha value is -0.720. The smallest absolute Gasteiger partial charge is 0.175 e. The van der Waals surface area contributed by atoms with E-state index in [1.807, 2.05) is 24.5 Å². The highest BCUT2D eigenvalue weighted by molar-refractivity contribution is 8.02. The number of thioether (sulfide) groups is 2. The lowest BCUT2D eigenvalue weighted by atomic mass is 10.2. The maximum absolute atomic E-state index is 5.19. The SMILES string of the molecule is COc1cccc(CSc2nnc(SC)s2)c1. The number of rotatable bonds is 5. The van der Waals surface area contributed by atoms with Crippen molar-refractivity contribution in [3.8, 4) is 5.75 Å². The first-order chi connectivity index (χ1) is 8.31. The lowest BCUT2D eigenvalue weighted by molar-refractivity contribution is 0.414. The number of benzene rings is 1. The Bertz CT molecular complexity index is 487. The second kappa shape index (κ2) is 6.28.